The van der Waals surface area contributed by atoms with Crippen LogP contribution in [0.5, 0.6) is 0 Å². The third-order valence-electron chi connectivity index (χ3n) is 5.27. The molecule has 0 aliphatic heterocycles. The molecule has 0 bridgehead atoms. The SMILES string of the molecule is Cc1cccc(-c2[nH]c(NCc3ccccc3F)nc2-c2ccc3n[nH]c(C)c3c2)n1. The van der Waals surface area contributed by atoms with E-state index in [4.69, 9.17) is 4.98 Å². The van der Waals surface area contributed by atoms with Crippen molar-refractivity contribution in [3.8, 4) is 22.6 Å². The van der Waals surface area contributed by atoms with Gasteiger partial charge < -0.3 is 10.3 Å². The summed E-state index contributed by atoms with van der Waals surface area (Å²) in [6.07, 6.45) is 0. The Hall–Kier alpha value is -4.00. The number of H-pyrrole nitrogens is 2. The molecule has 3 heterocycles. The highest BCUT2D eigenvalue weighted by Gasteiger charge is 2.17. The zero-order valence-corrected chi connectivity index (χ0v) is 17.2. The number of pyridine rings is 1. The molecule has 0 spiro atoms. The maximum absolute atomic E-state index is 14.0. The molecule has 6 nitrogen and oxygen atoms in total. The highest BCUT2D eigenvalue weighted by atomic mass is 19.1. The second-order valence-corrected chi connectivity index (χ2v) is 7.50. The number of aryl methyl sites for hydroxylation is 2. The molecule has 0 radical (unpaired) electrons. The first kappa shape index (κ1) is 19.0. The van der Waals surface area contributed by atoms with Gasteiger partial charge in [-0.15, -0.1) is 0 Å². The minimum atomic E-state index is -0.247. The Labute approximate surface area is 178 Å². The topological polar surface area (TPSA) is 82.3 Å². The highest BCUT2D eigenvalue weighted by molar-refractivity contribution is 5.88. The molecule has 0 saturated heterocycles. The Bertz CT molecular complexity index is 1380. The van der Waals surface area contributed by atoms with E-state index in [-0.39, 0.29) is 5.82 Å². The minimum absolute atomic E-state index is 0.247. The number of rotatable bonds is 5. The maximum atomic E-state index is 14.0. The van der Waals surface area contributed by atoms with E-state index >= 15 is 0 Å². The van der Waals surface area contributed by atoms with E-state index in [0.717, 1.165) is 44.9 Å². The van der Waals surface area contributed by atoms with Crippen LogP contribution < -0.4 is 5.32 Å². The quantitative estimate of drug-likeness (QED) is 0.362. The summed E-state index contributed by atoms with van der Waals surface area (Å²) in [5, 5.41) is 11.6. The lowest BCUT2D eigenvalue weighted by Crippen LogP contribution is -2.02. The lowest BCUT2D eigenvalue weighted by molar-refractivity contribution is 0.613. The van der Waals surface area contributed by atoms with Gasteiger partial charge in [-0.3, -0.25) is 10.1 Å². The molecule has 5 rings (SSSR count). The van der Waals surface area contributed by atoms with Gasteiger partial charge in [-0.25, -0.2) is 9.37 Å². The number of hydrogen-bond donors (Lipinski definition) is 3. The van der Waals surface area contributed by atoms with Gasteiger partial charge in [0.15, 0.2) is 0 Å². The Balaban J connectivity index is 1.58. The van der Waals surface area contributed by atoms with Crippen molar-refractivity contribution in [1.29, 1.82) is 0 Å². The molecule has 31 heavy (non-hydrogen) atoms. The van der Waals surface area contributed by atoms with Gasteiger partial charge in [0.1, 0.15) is 5.82 Å². The zero-order valence-electron chi connectivity index (χ0n) is 17.2. The molecular weight excluding hydrogens is 391 g/mol. The van der Waals surface area contributed by atoms with Crippen LogP contribution in [-0.4, -0.2) is 25.1 Å². The number of aromatic amines is 2. The predicted molar refractivity (Wildman–Crippen MR) is 120 cm³/mol. The van der Waals surface area contributed by atoms with Gasteiger partial charge in [-0.05, 0) is 44.2 Å². The molecule has 3 aromatic heterocycles. The summed E-state index contributed by atoms with van der Waals surface area (Å²) in [4.78, 5) is 12.8. The number of anilines is 1. The van der Waals surface area contributed by atoms with Crippen LogP contribution in [0.4, 0.5) is 10.3 Å². The summed E-state index contributed by atoms with van der Waals surface area (Å²) in [5.41, 5.74) is 6.73. The summed E-state index contributed by atoms with van der Waals surface area (Å²) in [6, 6.07) is 18.6. The molecule has 0 saturated carbocycles. The average Bonchev–Trinajstić information content (AvgIpc) is 3.37. The van der Waals surface area contributed by atoms with E-state index < -0.39 is 0 Å². The van der Waals surface area contributed by atoms with E-state index in [2.05, 4.69) is 31.5 Å². The van der Waals surface area contributed by atoms with Gasteiger partial charge in [-0.1, -0.05) is 30.3 Å². The van der Waals surface area contributed by atoms with Crippen molar-refractivity contribution in [2.75, 3.05) is 5.32 Å². The summed E-state index contributed by atoms with van der Waals surface area (Å²) >= 11 is 0. The van der Waals surface area contributed by atoms with Gasteiger partial charge in [0, 0.05) is 34.4 Å². The molecule has 7 heteroatoms. The second-order valence-electron chi connectivity index (χ2n) is 7.50. The van der Waals surface area contributed by atoms with E-state index in [9.17, 15) is 4.39 Å². The van der Waals surface area contributed by atoms with E-state index in [1.807, 2.05) is 50.2 Å². The van der Waals surface area contributed by atoms with Crippen LogP contribution in [0, 0.1) is 19.7 Å². The van der Waals surface area contributed by atoms with E-state index in [0.29, 0.717) is 18.1 Å². The Morgan fingerprint density at radius 2 is 1.84 bits per heavy atom. The molecule has 0 amide bonds. The monoisotopic (exact) mass is 412 g/mol. The molecule has 0 atom stereocenters. The lowest BCUT2D eigenvalue weighted by atomic mass is 10.1. The number of nitrogens with zero attached hydrogens (tertiary/aromatic N) is 3. The lowest BCUT2D eigenvalue weighted by Gasteiger charge is -2.04. The largest absolute Gasteiger partial charge is 0.352 e. The smallest absolute Gasteiger partial charge is 0.201 e. The first-order chi connectivity index (χ1) is 15.1. The van der Waals surface area contributed by atoms with Crippen molar-refractivity contribution < 1.29 is 4.39 Å². The maximum Gasteiger partial charge on any atom is 0.201 e. The molecule has 0 unspecified atom stereocenters. The van der Waals surface area contributed by atoms with Crippen LogP contribution in [-0.2, 0) is 6.54 Å². The van der Waals surface area contributed by atoms with Crippen LogP contribution >= 0.6 is 0 Å². The number of hydrogen-bond acceptors (Lipinski definition) is 4. The van der Waals surface area contributed by atoms with Crippen LogP contribution in [0.2, 0.25) is 0 Å². The van der Waals surface area contributed by atoms with E-state index in [1.165, 1.54) is 6.07 Å². The summed E-state index contributed by atoms with van der Waals surface area (Å²) in [6.45, 7) is 4.27. The number of nitrogens with one attached hydrogen (secondary N) is 3. The van der Waals surface area contributed by atoms with E-state index in [1.54, 1.807) is 12.1 Å². The van der Waals surface area contributed by atoms with Crippen molar-refractivity contribution >= 4 is 16.9 Å². The number of imidazole rings is 1. The molecule has 0 fully saturated rings. The zero-order chi connectivity index (χ0) is 21.4. The average molecular weight is 412 g/mol. The third-order valence-corrected chi connectivity index (χ3v) is 5.27. The first-order valence-corrected chi connectivity index (χ1v) is 10.0. The molecule has 2 aromatic carbocycles. The van der Waals surface area contributed by atoms with Gasteiger partial charge in [0.05, 0.1) is 22.6 Å². The fourth-order valence-electron chi connectivity index (χ4n) is 3.64. The Morgan fingerprint density at radius 3 is 2.68 bits per heavy atom. The van der Waals surface area contributed by atoms with Gasteiger partial charge in [-0.2, -0.15) is 5.10 Å². The van der Waals surface area contributed by atoms with Crippen LogP contribution in [0.3, 0.4) is 0 Å². The number of benzene rings is 2. The van der Waals surface area contributed by atoms with Crippen LogP contribution in [0.1, 0.15) is 17.0 Å². The number of aromatic nitrogens is 5. The van der Waals surface area contributed by atoms with Crippen molar-refractivity contribution in [2.24, 2.45) is 0 Å². The Kier molecular flexibility index (Phi) is 4.71. The fourth-order valence-corrected chi connectivity index (χ4v) is 3.64. The van der Waals surface area contributed by atoms with Crippen LogP contribution in [0.25, 0.3) is 33.5 Å². The molecule has 0 aliphatic carbocycles. The van der Waals surface area contributed by atoms with Gasteiger partial charge in [0.25, 0.3) is 0 Å². The second kappa shape index (κ2) is 7.68. The molecule has 154 valence electrons. The number of fused-ring (bicyclic) bond motifs is 1. The highest BCUT2D eigenvalue weighted by Crippen LogP contribution is 2.33. The van der Waals surface area contributed by atoms with Crippen molar-refractivity contribution in [3.05, 3.63) is 83.4 Å². The summed E-state index contributed by atoms with van der Waals surface area (Å²) in [5.74, 6) is 0.309. The van der Waals surface area contributed by atoms with Crippen molar-refractivity contribution in [2.45, 2.75) is 20.4 Å². The normalized spacial score (nSPS) is 11.2. The van der Waals surface area contributed by atoms with Crippen molar-refractivity contribution in [1.82, 2.24) is 25.1 Å². The predicted octanol–water partition coefficient (Wildman–Crippen LogP) is 5.38. The van der Waals surface area contributed by atoms with Crippen LogP contribution in [0.15, 0.2) is 60.7 Å². The molecule has 0 aliphatic rings. The van der Waals surface area contributed by atoms with Gasteiger partial charge in [0.2, 0.25) is 5.95 Å². The standard InChI is InChI=1S/C24H21FN6/c1-14-6-5-9-21(27-14)23-22(16-10-11-20-18(12-16)15(2)30-31-20)28-24(29-23)26-13-17-7-3-4-8-19(17)25/h3-12H,13H2,1-2H3,(H,30,31)(H2,26,28,29). The van der Waals surface area contributed by atoms with Gasteiger partial charge >= 0.3 is 0 Å². The molecule has 3 N–H and O–H groups in total. The summed E-state index contributed by atoms with van der Waals surface area (Å²) < 4.78 is 14.0. The molecular formula is C24H21FN6. The Morgan fingerprint density at radius 1 is 0.968 bits per heavy atom. The summed E-state index contributed by atoms with van der Waals surface area (Å²) in [7, 11) is 0. The number of halogens is 1. The third kappa shape index (κ3) is 3.66. The minimum Gasteiger partial charge on any atom is -0.352 e. The molecule has 5 aromatic rings. The first-order valence-electron chi connectivity index (χ1n) is 10.0. The van der Waals surface area contributed by atoms with Crippen molar-refractivity contribution in [3.63, 3.8) is 0 Å². The fraction of sp³-hybridized carbons (Fsp3) is 0.125.